The van der Waals surface area contributed by atoms with Crippen LogP contribution in [0.25, 0.3) is 0 Å². The van der Waals surface area contributed by atoms with Crippen LogP contribution in [0.5, 0.6) is 0 Å². The Morgan fingerprint density at radius 3 is 2.64 bits per heavy atom. The quantitative estimate of drug-likeness (QED) is 0.331. The van der Waals surface area contributed by atoms with E-state index in [1.54, 1.807) is 12.3 Å². The molecule has 4 aliphatic rings. The third kappa shape index (κ3) is 3.96. The lowest BCUT2D eigenvalue weighted by Gasteiger charge is -2.64. The van der Waals surface area contributed by atoms with Crippen molar-refractivity contribution < 1.29 is 13.9 Å². The lowest BCUT2D eigenvalue weighted by Crippen LogP contribution is -2.56. The zero-order chi connectivity index (χ0) is 25.6. The van der Waals surface area contributed by atoms with E-state index < -0.39 is 0 Å². The predicted molar refractivity (Wildman–Crippen MR) is 142 cm³/mol. The van der Waals surface area contributed by atoms with Crippen molar-refractivity contribution in [2.45, 2.75) is 110 Å². The van der Waals surface area contributed by atoms with Crippen LogP contribution in [0.1, 0.15) is 110 Å². The number of alkyl carbamates (subject to hydrolysis) is 1. The summed E-state index contributed by atoms with van der Waals surface area (Å²) in [5.74, 6) is 1.87. The average molecular weight is 496 g/mol. The van der Waals surface area contributed by atoms with Crippen molar-refractivity contribution in [3.8, 4) is 0 Å². The van der Waals surface area contributed by atoms with E-state index in [-0.39, 0.29) is 28.7 Å². The third-order valence-corrected chi connectivity index (χ3v) is 11.4. The molecule has 1 heterocycles. The summed E-state index contributed by atoms with van der Waals surface area (Å²) in [6.07, 6.45) is 16.3. The molecular weight excluding hydrogens is 450 g/mol. The van der Waals surface area contributed by atoms with Gasteiger partial charge in [0.05, 0.1) is 6.26 Å². The molecule has 1 aromatic rings. The molecule has 1 aromatic heterocycles. The van der Waals surface area contributed by atoms with E-state index in [0.717, 1.165) is 38.0 Å². The highest BCUT2D eigenvalue weighted by Gasteiger charge is 2.66. The number of nitrogens with one attached hydrogen (secondary N) is 1. The average Bonchev–Trinajstić information content (AvgIpc) is 3.18. The van der Waals surface area contributed by atoms with Crippen molar-refractivity contribution >= 4 is 6.09 Å². The summed E-state index contributed by atoms with van der Waals surface area (Å²) in [5, 5.41) is 2.91. The van der Waals surface area contributed by atoms with Gasteiger partial charge in [0.2, 0.25) is 0 Å². The Labute approximate surface area is 216 Å². The molecule has 3 saturated carbocycles. The van der Waals surface area contributed by atoms with E-state index in [4.69, 9.17) is 9.15 Å². The van der Waals surface area contributed by atoms with Crippen molar-refractivity contribution in [1.82, 2.24) is 5.32 Å². The van der Waals surface area contributed by atoms with E-state index in [1.165, 1.54) is 49.7 Å². The van der Waals surface area contributed by atoms with Crippen molar-refractivity contribution in [2.75, 3.05) is 6.54 Å². The van der Waals surface area contributed by atoms with Gasteiger partial charge in [-0.2, -0.15) is 0 Å². The van der Waals surface area contributed by atoms with Crippen molar-refractivity contribution in [3.05, 3.63) is 46.0 Å². The number of allylic oxidation sites excluding steroid dienone is 1. The number of rotatable bonds is 6. The smallest absolute Gasteiger partial charge is 0.407 e. The molecular formula is C31H45NO4. The SMILES string of the molecule is CCCCNC(=O)O[C@@H]1C=C2CCC3C(CC[C@]4(C)[C@@H](c5ccc(=O)oc5)CC[C@]34CC)[C@@]2(C)CC1. The van der Waals surface area contributed by atoms with Gasteiger partial charge in [-0.1, -0.05) is 39.7 Å². The molecule has 7 atom stereocenters. The van der Waals surface area contributed by atoms with Crippen LogP contribution in [0, 0.1) is 28.1 Å². The number of fused-ring (bicyclic) bond motifs is 5. The Morgan fingerprint density at radius 2 is 1.92 bits per heavy atom. The third-order valence-electron chi connectivity index (χ3n) is 11.4. The molecule has 0 radical (unpaired) electrons. The van der Waals surface area contributed by atoms with Crippen molar-refractivity contribution in [1.29, 1.82) is 0 Å². The van der Waals surface area contributed by atoms with Crippen LogP contribution in [0.15, 0.2) is 39.3 Å². The normalized spacial score (nSPS) is 39.4. The molecule has 3 fully saturated rings. The van der Waals surface area contributed by atoms with Gasteiger partial charge in [0.1, 0.15) is 6.10 Å². The maximum Gasteiger partial charge on any atom is 0.407 e. The van der Waals surface area contributed by atoms with Crippen LogP contribution in [-0.2, 0) is 4.74 Å². The lowest BCUT2D eigenvalue weighted by atomic mass is 9.41. The second kappa shape index (κ2) is 9.68. The first-order valence-electron chi connectivity index (χ1n) is 14.5. The standard InChI is InChI=1S/C31H45NO4/c1-5-7-18-32-28(34)36-23-12-15-29(3)22(19-23)9-10-26-25(29)13-16-30(4)24(14-17-31(26,30)6-2)21-8-11-27(33)35-20-21/h8,11,19-20,23-26H,5-7,9-10,12-18H2,1-4H3,(H,32,34)/t23-,24+,25?,26?,29-,30+,31+/m0/s1. The van der Waals surface area contributed by atoms with Gasteiger partial charge in [-0.25, -0.2) is 9.59 Å². The maximum absolute atomic E-state index is 12.3. The van der Waals surface area contributed by atoms with Gasteiger partial charge in [-0.05, 0) is 116 Å². The van der Waals surface area contributed by atoms with Crippen LogP contribution >= 0.6 is 0 Å². The summed E-state index contributed by atoms with van der Waals surface area (Å²) in [6, 6.07) is 3.61. The highest BCUT2D eigenvalue weighted by Crippen LogP contribution is 2.75. The molecule has 0 saturated heterocycles. The lowest BCUT2D eigenvalue weighted by molar-refractivity contribution is -0.118. The fourth-order valence-electron chi connectivity index (χ4n) is 9.45. The van der Waals surface area contributed by atoms with Gasteiger partial charge >= 0.3 is 11.7 Å². The van der Waals surface area contributed by atoms with Crippen molar-refractivity contribution in [2.24, 2.45) is 28.1 Å². The largest absolute Gasteiger partial charge is 0.442 e. The van der Waals surface area contributed by atoms with Gasteiger partial charge < -0.3 is 14.5 Å². The second-order valence-electron chi connectivity index (χ2n) is 12.6. The molecule has 5 rings (SSSR count). The summed E-state index contributed by atoms with van der Waals surface area (Å²) < 4.78 is 11.1. The van der Waals surface area contributed by atoms with Gasteiger partial charge in [-0.3, -0.25) is 0 Å². The molecule has 1 N–H and O–H groups in total. The van der Waals surface area contributed by atoms with Crippen LogP contribution < -0.4 is 10.9 Å². The maximum atomic E-state index is 12.3. The Hall–Kier alpha value is -2.04. The van der Waals surface area contributed by atoms with Gasteiger partial charge in [0, 0.05) is 12.6 Å². The zero-order valence-electron chi connectivity index (χ0n) is 22.7. The molecule has 2 unspecified atom stereocenters. The van der Waals surface area contributed by atoms with Crippen LogP contribution in [0.3, 0.4) is 0 Å². The molecule has 36 heavy (non-hydrogen) atoms. The first kappa shape index (κ1) is 25.6. The minimum absolute atomic E-state index is 0.0937. The monoisotopic (exact) mass is 495 g/mol. The van der Waals surface area contributed by atoms with Crippen LogP contribution in [0.4, 0.5) is 4.79 Å². The Morgan fingerprint density at radius 1 is 1.08 bits per heavy atom. The first-order chi connectivity index (χ1) is 17.3. The number of unbranched alkanes of at least 4 members (excludes halogenated alkanes) is 1. The number of carbonyl (C=O) groups excluding carboxylic acids is 1. The van der Waals surface area contributed by atoms with Gasteiger partial charge in [0.15, 0.2) is 0 Å². The van der Waals surface area contributed by atoms with Crippen LogP contribution in [-0.4, -0.2) is 18.7 Å². The van der Waals surface area contributed by atoms with E-state index >= 15 is 0 Å². The first-order valence-corrected chi connectivity index (χ1v) is 14.5. The van der Waals surface area contributed by atoms with Crippen LogP contribution in [0.2, 0.25) is 0 Å². The molecule has 5 heteroatoms. The summed E-state index contributed by atoms with van der Waals surface area (Å²) in [4.78, 5) is 23.9. The van der Waals surface area contributed by atoms with Gasteiger partial charge in [0.25, 0.3) is 0 Å². The number of ether oxygens (including phenoxy) is 1. The predicted octanol–water partition coefficient (Wildman–Crippen LogP) is 7.36. The van der Waals surface area contributed by atoms with Gasteiger partial charge in [-0.15, -0.1) is 0 Å². The molecule has 198 valence electrons. The Bertz CT molecular complexity index is 1040. The fraction of sp³-hybridized carbons (Fsp3) is 0.742. The highest BCUT2D eigenvalue weighted by atomic mass is 16.6. The Balaban J connectivity index is 1.37. The minimum atomic E-state index is -0.269. The molecule has 0 bridgehead atoms. The molecule has 0 aromatic carbocycles. The number of carbonyl (C=O) groups is 1. The molecule has 0 aliphatic heterocycles. The van der Waals surface area contributed by atoms with E-state index in [2.05, 4.69) is 39.1 Å². The molecule has 5 nitrogen and oxygen atoms in total. The summed E-state index contributed by atoms with van der Waals surface area (Å²) in [5.41, 5.74) is 3.27. The van der Waals surface area contributed by atoms with Crippen molar-refractivity contribution in [3.63, 3.8) is 0 Å². The topological polar surface area (TPSA) is 68.5 Å². The minimum Gasteiger partial charge on any atom is -0.442 e. The van der Waals surface area contributed by atoms with E-state index in [9.17, 15) is 9.59 Å². The highest BCUT2D eigenvalue weighted by molar-refractivity contribution is 5.67. The zero-order valence-corrected chi connectivity index (χ0v) is 22.7. The number of hydrogen-bond acceptors (Lipinski definition) is 4. The van der Waals surface area contributed by atoms with E-state index in [0.29, 0.717) is 23.8 Å². The summed E-state index contributed by atoms with van der Waals surface area (Å²) >= 11 is 0. The molecule has 1 amide bonds. The second-order valence-corrected chi connectivity index (χ2v) is 12.6. The fourth-order valence-corrected chi connectivity index (χ4v) is 9.45. The molecule has 4 aliphatic carbocycles. The summed E-state index contributed by atoms with van der Waals surface area (Å²) in [7, 11) is 0. The number of hydrogen-bond donors (Lipinski definition) is 1. The number of amides is 1. The van der Waals surface area contributed by atoms with E-state index in [1.807, 2.05) is 6.07 Å². The summed E-state index contributed by atoms with van der Waals surface area (Å²) in [6.45, 7) is 10.3. The molecule has 0 spiro atoms. The Kier molecular flexibility index (Phi) is 6.89.